The highest BCUT2D eigenvalue weighted by Crippen LogP contribution is 2.32. The lowest BCUT2D eigenvalue weighted by Crippen LogP contribution is -2.57. The molecule has 0 saturated carbocycles. The van der Waals surface area contributed by atoms with Gasteiger partial charge in [0, 0.05) is 32.0 Å². The second-order valence-electron chi connectivity index (χ2n) is 15.6. The minimum atomic E-state index is -0.902. The standard InChI is InChI=1S/C40H62N4O12S/c1-27-35(57-26-42-27)29-9-10-30(23-41-37(48)32-22-31(46)24-44(32)38(49)36(39(3,4)5)43-28(2)45)33(21-29)55-20-19-53-16-15-51-12-11-50-13-14-52-17-18-54-25-34(47)56-40(6,7)8/h9-10,21,26,31-32,36,46H,11-20,22-25H2,1-8H3,(H,41,48)(H,43,45)/t31-,32+,36?/m1/s1. The molecule has 1 saturated heterocycles. The molecule has 3 rings (SSSR count). The van der Waals surface area contributed by atoms with Gasteiger partial charge in [-0.1, -0.05) is 32.9 Å². The van der Waals surface area contributed by atoms with E-state index in [0.717, 1.165) is 21.7 Å². The zero-order valence-electron chi connectivity index (χ0n) is 34.7. The van der Waals surface area contributed by atoms with Gasteiger partial charge in [0.05, 0.1) is 81.6 Å². The van der Waals surface area contributed by atoms with E-state index in [0.29, 0.717) is 58.6 Å². The van der Waals surface area contributed by atoms with Crippen LogP contribution in [0.15, 0.2) is 23.7 Å². The molecular weight excluding hydrogens is 761 g/mol. The lowest BCUT2D eigenvalue weighted by molar-refractivity contribution is -0.160. The summed E-state index contributed by atoms with van der Waals surface area (Å²) < 4.78 is 38.8. The first-order valence-corrected chi connectivity index (χ1v) is 20.1. The van der Waals surface area contributed by atoms with Gasteiger partial charge in [0.25, 0.3) is 0 Å². The molecule has 17 heteroatoms. The third-order valence-corrected chi connectivity index (χ3v) is 9.44. The summed E-state index contributed by atoms with van der Waals surface area (Å²) in [6.07, 6.45) is -0.785. The number of esters is 1. The van der Waals surface area contributed by atoms with Crippen molar-refractivity contribution in [2.24, 2.45) is 5.41 Å². The fourth-order valence-corrected chi connectivity index (χ4v) is 6.60. The maximum Gasteiger partial charge on any atom is 0.332 e. The summed E-state index contributed by atoms with van der Waals surface area (Å²) in [5.74, 6) is -1.03. The number of likely N-dealkylation sites (tertiary alicyclic amines) is 1. The third-order valence-electron chi connectivity index (χ3n) is 8.47. The SMILES string of the molecule is CC(=O)NC(C(=O)N1C[C@H](O)C[C@H]1C(=O)NCc1ccc(-c2scnc2C)cc1OCCOCCOCCOCCOCCOCC(=O)OC(C)(C)C)C(C)(C)C. The van der Waals surface area contributed by atoms with Crippen LogP contribution >= 0.6 is 11.3 Å². The molecule has 2 heterocycles. The molecule has 1 aromatic heterocycles. The third kappa shape index (κ3) is 17.4. The molecule has 3 atom stereocenters. The molecular formula is C40H62N4O12S. The van der Waals surface area contributed by atoms with E-state index in [4.69, 9.17) is 33.2 Å². The van der Waals surface area contributed by atoms with E-state index >= 15 is 0 Å². The van der Waals surface area contributed by atoms with E-state index in [2.05, 4.69) is 15.6 Å². The Morgan fingerprint density at radius 3 is 2.00 bits per heavy atom. The van der Waals surface area contributed by atoms with Crippen molar-refractivity contribution in [3.63, 3.8) is 0 Å². The van der Waals surface area contributed by atoms with Gasteiger partial charge in [-0.2, -0.15) is 0 Å². The summed E-state index contributed by atoms with van der Waals surface area (Å²) in [7, 11) is 0. The molecule has 0 radical (unpaired) electrons. The van der Waals surface area contributed by atoms with Crippen LogP contribution in [-0.2, 0) is 54.1 Å². The Hall–Kier alpha value is -3.71. The summed E-state index contributed by atoms with van der Waals surface area (Å²) in [5, 5.41) is 16.1. The van der Waals surface area contributed by atoms with Crippen molar-refractivity contribution < 1.29 is 57.4 Å². The van der Waals surface area contributed by atoms with Crippen molar-refractivity contribution in [2.45, 2.75) is 92.1 Å². The van der Waals surface area contributed by atoms with Crippen LogP contribution < -0.4 is 15.4 Å². The van der Waals surface area contributed by atoms with Crippen LogP contribution in [0.1, 0.15) is 66.1 Å². The van der Waals surface area contributed by atoms with Gasteiger partial charge >= 0.3 is 5.97 Å². The number of nitrogens with zero attached hydrogens (tertiary/aromatic N) is 2. The van der Waals surface area contributed by atoms with E-state index in [1.54, 1.807) is 26.3 Å². The lowest BCUT2D eigenvalue weighted by atomic mass is 9.85. The second-order valence-corrected chi connectivity index (χ2v) is 16.5. The molecule has 1 fully saturated rings. The number of aliphatic hydroxyl groups excluding tert-OH is 1. The van der Waals surface area contributed by atoms with Gasteiger partial charge in [0.15, 0.2) is 0 Å². The fourth-order valence-electron chi connectivity index (χ4n) is 5.80. The van der Waals surface area contributed by atoms with Crippen LogP contribution in [0.25, 0.3) is 10.4 Å². The predicted molar refractivity (Wildman–Crippen MR) is 213 cm³/mol. The van der Waals surface area contributed by atoms with E-state index in [1.807, 2.05) is 45.9 Å². The number of rotatable bonds is 24. The quantitative estimate of drug-likeness (QED) is 0.104. The Morgan fingerprint density at radius 2 is 1.47 bits per heavy atom. The number of carbonyl (C=O) groups is 4. The first-order valence-electron chi connectivity index (χ1n) is 19.3. The van der Waals surface area contributed by atoms with E-state index in [9.17, 15) is 24.3 Å². The first kappa shape index (κ1) is 47.7. The highest BCUT2D eigenvalue weighted by atomic mass is 32.1. The number of amides is 3. The van der Waals surface area contributed by atoms with Crippen molar-refractivity contribution >= 4 is 35.0 Å². The molecule has 320 valence electrons. The van der Waals surface area contributed by atoms with Gasteiger partial charge in [-0.3, -0.25) is 14.4 Å². The molecule has 16 nitrogen and oxygen atoms in total. The molecule has 0 bridgehead atoms. The van der Waals surface area contributed by atoms with E-state index in [1.165, 1.54) is 23.2 Å². The van der Waals surface area contributed by atoms with Crippen LogP contribution in [0.4, 0.5) is 0 Å². The summed E-state index contributed by atoms with van der Waals surface area (Å²) in [4.78, 5) is 57.4. The van der Waals surface area contributed by atoms with Gasteiger partial charge < -0.3 is 53.8 Å². The lowest BCUT2D eigenvalue weighted by Gasteiger charge is -2.35. The number of hydrogen-bond acceptors (Lipinski definition) is 14. The van der Waals surface area contributed by atoms with Gasteiger partial charge in [-0.15, -0.1) is 11.3 Å². The van der Waals surface area contributed by atoms with E-state index in [-0.39, 0.29) is 45.2 Å². The number of benzene rings is 1. The number of hydrogen-bond donors (Lipinski definition) is 3. The molecule has 3 N–H and O–H groups in total. The molecule has 0 spiro atoms. The fraction of sp³-hybridized carbons (Fsp3) is 0.675. The zero-order valence-corrected chi connectivity index (χ0v) is 35.5. The molecule has 2 aromatic rings. The summed E-state index contributed by atoms with van der Waals surface area (Å²) in [6, 6.07) is 3.97. The van der Waals surface area contributed by atoms with Gasteiger partial charge in [-0.25, -0.2) is 9.78 Å². The Kier molecular flexibility index (Phi) is 19.8. The molecule has 3 amide bonds. The molecule has 0 aliphatic carbocycles. The average molecular weight is 823 g/mol. The maximum atomic E-state index is 13.6. The molecule has 1 unspecified atom stereocenters. The smallest absolute Gasteiger partial charge is 0.332 e. The number of thiazole rings is 1. The van der Waals surface area contributed by atoms with Gasteiger partial charge in [0.2, 0.25) is 17.7 Å². The van der Waals surface area contributed by atoms with Crippen molar-refractivity contribution in [2.75, 3.05) is 79.2 Å². The van der Waals surface area contributed by atoms with Crippen molar-refractivity contribution in [3.8, 4) is 16.2 Å². The van der Waals surface area contributed by atoms with Gasteiger partial charge in [-0.05, 0) is 44.7 Å². The second kappa shape index (κ2) is 23.6. The highest BCUT2D eigenvalue weighted by Gasteiger charge is 2.44. The number of aromatic nitrogens is 1. The Morgan fingerprint density at radius 1 is 0.895 bits per heavy atom. The van der Waals surface area contributed by atoms with Crippen molar-refractivity contribution in [1.29, 1.82) is 0 Å². The first-order chi connectivity index (χ1) is 27.0. The Bertz CT molecular complexity index is 1570. The zero-order chi connectivity index (χ0) is 42.0. The summed E-state index contributed by atoms with van der Waals surface area (Å²) >= 11 is 1.52. The van der Waals surface area contributed by atoms with Crippen molar-refractivity contribution in [3.05, 3.63) is 35.0 Å². The normalized spacial score (nSPS) is 16.3. The topological polar surface area (TPSA) is 193 Å². The average Bonchev–Trinajstić information content (AvgIpc) is 3.74. The summed E-state index contributed by atoms with van der Waals surface area (Å²) in [6.45, 7) is 17.7. The van der Waals surface area contributed by atoms with Crippen molar-refractivity contribution in [1.82, 2.24) is 20.5 Å². The van der Waals surface area contributed by atoms with Crippen LogP contribution in [0.2, 0.25) is 0 Å². The molecule has 1 aliphatic rings. The Labute approximate surface area is 340 Å². The van der Waals surface area contributed by atoms with E-state index < -0.39 is 47.0 Å². The minimum Gasteiger partial charge on any atom is -0.491 e. The number of β-amino-alcohol motifs (C(OH)–C–C–N with tert-alkyl or cyclic N) is 1. The predicted octanol–water partition coefficient (Wildman–Crippen LogP) is 3.05. The molecule has 57 heavy (non-hydrogen) atoms. The molecule has 1 aliphatic heterocycles. The minimum absolute atomic E-state index is 0.00695. The Balaban J connectivity index is 1.40. The highest BCUT2D eigenvalue weighted by molar-refractivity contribution is 7.13. The van der Waals surface area contributed by atoms with Crippen LogP contribution in [0, 0.1) is 12.3 Å². The molecule has 1 aromatic carbocycles. The number of ether oxygens (including phenoxy) is 7. The van der Waals surface area contributed by atoms with Crippen LogP contribution in [-0.4, -0.2) is 142 Å². The number of carbonyl (C=O) groups excluding carboxylic acids is 4. The van der Waals surface area contributed by atoms with Crippen LogP contribution in [0.5, 0.6) is 5.75 Å². The summed E-state index contributed by atoms with van der Waals surface area (Å²) in [5.41, 5.74) is 3.17. The largest absolute Gasteiger partial charge is 0.491 e. The number of aryl methyl sites for hydroxylation is 1. The van der Waals surface area contributed by atoms with Gasteiger partial charge in [0.1, 0.15) is 36.6 Å². The number of nitrogens with one attached hydrogen (secondary N) is 2. The van der Waals surface area contributed by atoms with Crippen LogP contribution in [0.3, 0.4) is 0 Å². The maximum absolute atomic E-state index is 13.6. The monoisotopic (exact) mass is 822 g/mol. The number of aliphatic hydroxyl groups is 1.